The number of esters is 1. The number of hydrogen-bond acceptors (Lipinski definition) is 5. The molecule has 0 unspecified atom stereocenters. The Morgan fingerprint density at radius 1 is 1.19 bits per heavy atom. The summed E-state index contributed by atoms with van der Waals surface area (Å²) in [6.45, 7) is 3.32. The van der Waals surface area contributed by atoms with Gasteiger partial charge in [0.1, 0.15) is 5.54 Å². The van der Waals surface area contributed by atoms with Crippen LogP contribution in [0.3, 0.4) is 0 Å². The first-order valence-corrected chi connectivity index (χ1v) is 8.83. The first-order chi connectivity index (χ1) is 12.3. The van der Waals surface area contributed by atoms with E-state index in [1.54, 1.807) is 6.07 Å². The second-order valence-electron chi connectivity index (χ2n) is 6.85. The quantitative estimate of drug-likeness (QED) is 0.598. The van der Waals surface area contributed by atoms with Gasteiger partial charge >= 0.3 is 5.97 Å². The van der Waals surface area contributed by atoms with Gasteiger partial charge in [-0.3, -0.25) is 14.4 Å². The van der Waals surface area contributed by atoms with E-state index < -0.39 is 24.0 Å². The summed E-state index contributed by atoms with van der Waals surface area (Å²) in [6.07, 6.45) is 2.99. The molecule has 1 aromatic carbocycles. The number of hydrogen-bond donors (Lipinski definition) is 1. The van der Waals surface area contributed by atoms with Crippen LogP contribution in [-0.2, 0) is 14.3 Å². The molecule has 0 spiro atoms. The molecule has 0 radical (unpaired) electrons. The lowest BCUT2D eigenvalue weighted by Crippen LogP contribution is -2.46. The van der Waals surface area contributed by atoms with Crippen LogP contribution in [0.25, 0.3) is 0 Å². The van der Waals surface area contributed by atoms with E-state index in [4.69, 9.17) is 4.74 Å². The number of ketones is 1. The molecule has 1 aromatic rings. The highest BCUT2D eigenvalue weighted by Crippen LogP contribution is 2.28. The first kappa shape index (κ1) is 19.6. The highest BCUT2D eigenvalue weighted by molar-refractivity contribution is 5.99. The van der Waals surface area contributed by atoms with Crippen LogP contribution < -0.4 is 5.32 Å². The minimum Gasteiger partial charge on any atom is -0.456 e. The number of amides is 1. The van der Waals surface area contributed by atoms with Crippen molar-refractivity contribution in [2.24, 2.45) is 0 Å². The number of nitriles is 1. The van der Waals surface area contributed by atoms with Crippen LogP contribution in [0.15, 0.2) is 18.2 Å². The Bertz CT molecular complexity index is 743. The van der Waals surface area contributed by atoms with Gasteiger partial charge in [-0.2, -0.15) is 5.26 Å². The van der Waals surface area contributed by atoms with Crippen molar-refractivity contribution in [1.29, 1.82) is 5.26 Å². The molecule has 0 atom stereocenters. The number of carbonyl (C=O) groups excluding carboxylic acids is 3. The molecule has 2 rings (SSSR count). The lowest BCUT2D eigenvalue weighted by Gasteiger charge is -2.21. The minimum atomic E-state index is -0.831. The van der Waals surface area contributed by atoms with Crippen LogP contribution in [0.5, 0.6) is 0 Å². The van der Waals surface area contributed by atoms with Gasteiger partial charge < -0.3 is 10.1 Å². The molecule has 1 aliphatic rings. The SMILES string of the molecule is Cc1ccc(C)c(C(=O)CCC(=O)OCC(=O)NC2(C#N)CCCC2)c1. The van der Waals surface area contributed by atoms with E-state index in [1.165, 1.54) is 0 Å². The molecule has 6 nitrogen and oxygen atoms in total. The van der Waals surface area contributed by atoms with Crippen molar-refractivity contribution >= 4 is 17.7 Å². The van der Waals surface area contributed by atoms with Crippen molar-refractivity contribution < 1.29 is 19.1 Å². The molecule has 6 heteroatoms. The summed E-state index contributed by atoms with van der Waals surface area (Å²) >= 11 is 0. The van der Waals surface area contributed by atoms with Crippen molar-refractivity contribution in [3.05, 3.63) is 34.9 Å². The van der Waals surface area contributed by atoms with Crippen LogP contribution in [0.2, 0.25) is 0 Å². The van der Waals surface area contributed by atoms with E-state index in [9.17, 15) is 19.6 Å². The Hall–Kier alpha value is -2.68. The van der Waals surface area contributed by atoms with Crippen LogP contribution in [0.1, 0.15) is 60.0 Å². The third kappa shape index (κ3) is 5.16. The normalized spacial score (nSPS) is 15.1. The smallest absolute Gasteiger partial charge is 0.306 e. The summed E-state index contributed by atoms with van der Waals surface area (Å²) in [5.41, 5.74) is 1.62. The average molecular weight is 356 g/mol. The molecule has 0 saturated heterocycles. The number of Topliss-reactive ketones (excluding diaryl/α,β-unsaturated/α-hetero) is 1. The number of aryl methyl sites for hydroxylation is 2. The summed E-state index contributed by atoms with van der Waals surface area (Å²) in [5.74, 6) is -1.21. The van der Waals surface area contributed by atoms with Crippen molar-refractivity contribution in [3.8, 4) is 6.07 Å². The van der Waals surface area contributed by atoms with Crippen molar-refractivity contribution in [2.75, 3.05) is 6.61 Å². The second kappa shape index (κ2) is 8.61. The van der Waals surface area contributed by atoms with Crippen LogP contribution >= 0.6 is 0 Å². The lowest BCUT2D eigenvalue weighted by molar-refractivity contribution is -0.148. The number of nitrogens with one attached hydrogen (secondary N) is 1. The fraction of sp³-hybridized carbons (Fsp3) is 0.500. The van der Waals surface area contributed by atoms with Gasteiger partial charge in [0, 0.05) is 12.0 Å². The Balaban J connectivity index is 1.76. The maximum absolute atomic E-state index is 12.2. The number of carbonyl (C=O) groups is 3. The maximum Gasteiger partial charge on any atom is 0.306 e. The fourth-order valence-corrected chi connectivity index (χ4v) is 3.15. The monoisotopic (exact) mass is 356 g/mol. The Morgan fingerprint density at radius 3 is 2.54 bits per heavy atom. The van der Waals surface area contributed by atoms with Gasteiger partial charge in [-0.1, -0.05) is 17.7 Å². The summed E-state index contributed by atoms with van der Waals surface area (Å²) in [4.78, 5) is 36.0. The predicted octanol–water partition coefficient (Wildman–Crippen LogP) is 2.76. The van der Waals surface area contributed by atoms with Gasteiger partial charge in [0.25, 0.3) is 5.91 Å². The van der Waals surface area contributed by atoms with Crippen LogP contribution in [0, 0.1) is 25.2 Å². The number of ether oxygens (including phenoxy) is 1. The number of nitrogens with zero attached hydrogens (tertiary/aromatic N) is 1. The Labute approximate surface area is 153 Å². The standard InChI is InChI=1S/C20H24N2O4/c1-14-5-6-15(2)16(11-14)17(23)7-8-19(25)26-12-18(24)22-20(13-21)9-3-4-10-20/h5-6,11H,3-4,7-10,12H2,1-2H3,(H,22,24). The summed E-state index contributed by atoms with van der Waals surface area (Å²) < 4.78 is 4.93. The Morgan fingerprint density at radius 2 is 1.88 bits per heavy atom. The molecule has 1 fully saturated rings. The second-order valence-corrected chi connectivity index (χ2v) is 6.85. The fourth-order valence-electron chi connectivity index (χ4n) is 3.15. The van der Waals surface area contributed by atoms with Crippen LogP contribution in [-0.4, -0.2) is 29.8 Å². The summed E-state index contributed by atoms with van der Waals surface area (Å²) in [7, 11) is 0. The van der Waals surface area contributed by atoms with E-state index in [1.807, 2.05) is 26.0 Å². The third-order valence-corrected chi connectivity index (χ3v) is 4.66. The topological polar surface area (TPSA) is 96.3 Å². The van der Waals surface area contributed by atoms with E-state index in [0.29, 0.717) is 18.4 Å². The predicted molar refractivity (Wildman–Crippen MR) is 95.4 cm³/mol. The van der Waals surface area contributed by atoms with Gasteiger partial charge in [-0.25, -0.2) is 0 Å². The van der Waals surface area contributed by atoms with Crippen molar-refractivity contribution in [2.45, 2.75) is 57.9 Å². The average Bonchev–Trinajstić information content (AvgIpc) is 3.08. The zero-order chi connectivity index (χ0) is 19.2. The number of benzene rings is 1. The molecule has 1 saturated carbocycles. The van der Waals surface area contributed by atoms with Gasteiger partial charge in [0.15, 0.2) is 12.4 Å². The molecule has 1 N–H and O–H groups in total. The van der Waals surface area contributed by atoms with Gasteiger partial charge in [0.2, 0.25) is 0 Å². The van der Waals surface area contributed by atoms with E-state index in [0.717, 1.165) is 24.0 Å². The third-order valence-electron chi connectivity index (χ3n) is 4.66. The Kier molecular flexibility index (Phi) is 6.51. The lowest BCUT2D eigenvalue weighted by atomic mass is 9.99. The molecule has 0 aliphatic heterocycles. The van der Waals surface area contributed by atoms with E-state index in [2.05, 4.69) is 11.4 Å². The molecule has 138 valence electrons. The van der Waals surface area contributed by atoms with Gasteiger partial charge in [0.05, 0.1) is 12.5 Å². The first-order valence-electron chi connectivity index (χ1n) is 8.83. The molecule has 1 aliphatic carbocycles. The molecule has 0 aromatic heterocycles. The van der Waals surface area contributed by atoms with E-state index in [-0.39, 0.29) is 18.6 Å². The maximum atomic E-state index is 12.2. The van der Waals surface area contributed by atoms with Gasteiger partial charge in [-0.05, 0) is 51.2 Å². The van der Waals surface area contributed by atoms with Crippen molar-refractivity contribution in [1.82, 2.24) is 5.32 Å². The highest BCUT2D eigenvalue weighted by atomic mass is 16.5. The molecule has 1 amide bonds. The molecule has 0 heterocycles. The summed E-state index contributed by atoms with van der Waals surface area (Å²) in [5, 5.41) is 11.9. The number of rotatable bonds is 7. The highest BCUT2D eigenvalue weighted by Gasteiger charge is 2.35. The van der Waals surface area contributed by atoms with Crippen LogP contribution in [0.4, 0.5) is 0 Å². The van der Waals surface area contributed by atoms with Gasteiger partial charge in [-0.15, -0.1) is 0 Å². The minimum absolute atomic E-state index is 0.0346. The summed E-state index contributed by atoms with van der Waals surface area (Å²) in [6, 6.07) is 7.75. The molecular weight excluding hydrogens is 332 g/mol. The molecule has 0 bridgehead atoms. The van der Waals surface area contributed by atoms with E-state index >= 15 is 0 Å². The van der Waals surface area contributed by atoms with Crippen molar-refractivity contribution in [3.63, 3.8) is 0 Å². The molecular formula is C20H24N2O4. The zero-order valence-corrected chi connectivity index (χ0v) is 15.3. The zero-order valence-electron chi connectivity index (χ0n) is 15.3. The largest absolute Gasteiger partial charge is 0.456 e. The molecule has 26 heavy (non-hydrogen) atoms.